The molecule has 0 spiro atoms. The van der Waals surface area contributed by atoms with Crippen LogP contribution in [-0.2, 0) is 0 Å². The van der Waals surface area contributed by atoms with Gasteiger partial charge in [0.15, 0.2) is 17.5 Å². The number of para-hydroxylation sites is 3. The van der Waals surface area contributed by atoms with Crippen LogP contribution in [0.25, 0.3) is 243 Å². The van der Waals surface area contributed by atoms with Crippen molar-refractivity contribution in [2.24, 2.45) is 0 Å². The number of fused-ring (bicyclic) bond motifs is 37. The van der Waals surface area contributed by atoms with E-state index in [0.29, 0.717) is 99.3 Å². The molecule has 0 saturated heterocycles. The lowest BCUT2D eigenvalue weighted by Gasteiger charge is -2.12. The van der Waals surface area contributed by atoms with Crippen molar-refractivity contribution in [3.05, 3.63) is 272 Å². The molecule has 21 nitrogen and oxygen atoms in total. The molecule has 0 fully saturated rings. The monoisotopic (exact) mass is 1600 g/mol. The van der Waals surface area contributed by atoms with Gasteiger partial charge >= 0.3 is 0 Å². The molecule has 0 aliphatic carbocycles. The predicted octanol–water partition coefficient (Wildman–Crippen LogP) is 22.8. The van der Waals surface area contributed by atoms with Gasteiger partial charge in [0.05, 0.1) is 51.7 Å². The first-order chi connectivity index (χ1) is 59.1. The summed E-state index contributed by atoms with van der Waals surface area (Å²) in [5.74, 6) is 2.21. The minimum Gasteiger partial charge on any atom is -0.292 e. The molecule has 0 bridgehead atoms. The summed E-state index contributed by atoms with van der Waals surface area (Å²) in [6.45, 7) is 13.1. The van der Waals surface area contributed by atoms with Gasteiger partial charge in [0.1, 0.15) is 99.3 Å². The summed E-state index contributed by atoms with van der Waals surface area (Å²) in [6.07, 6.45) is 25.7. The first kappa shape index (κ1) is 68.0. The van der Waals surface area contributed by atoms with E-state index in [0.717, 1.165) is 50.6 Å². The van der Waals surface area contributed by atoms with Gasteiger partial charge in [0.25, 0.3) is 0 Å². The van der Waals surface area contributed by atoms with Gasteiger partial charge < -0.3 is 0 Å². The molecule has 0 atom stereocenters. The van der Waals surface area contributed by atoms with Gasteiger partial charge in [-0.2, -0.15) is 0 Å². The fourth-order valence-corrected chi connectivity index (χ4v) is 22.3. The fourth-order valence-electron chi connectivity index (χ4n) is 18.7. The minimum absolute atomic E-state index is 0.664. The van der Waals surface area contributed by atoms with Crippen molar-refractivity contribution in [1.82, 2.24) is 103 Å². The third-order valence-corrected chi connectivity index (χ3v) is 27.3. The van der Waals surface area contributed by atoms with Gasteiger partial charge in [-0.1, -0.05) is 109 Å². The molecule has 12 aromatic carbocycles. The van der Waals surface area contributed by atoms with Crippen LogP contribution in [0.1, 0.15) is 33.4 Å². The van der Waals surface area contributed by atoms with Crippen LogP contribution >= 0.6 is 34.0 Å². The van der Waals surface area contributed by atoms with E-state index < -0.39 is 0 Å². The van der Waals surface area contributed by atoms with Gasteiger partial charge in [-0.15, -0.1) is 34.0 Å². The highest BCUT2D eigenvalue weighted by atomic mass is 32.1. The maximum Gasteiger partial charge on any atom is 0.157 e. The highest BCUT2D eigenvalue weighted by Crippen LogP contribution is 2.49. The zero-order valence-electron chi connectivity index (χ0n) is 64.6. The normalized spacial score (nSPS) is 12.2. The number of benzene rings is 12. The molecule has 0 unspecified atom stereocenters. The second kappa shape index (κ2) is 25.6. The number of aryl methyl sites for hydroxylation is 6. The molecule has 0 N–H and O–H groups in total. The zero-order valence-corrected chi connectivity index (χ0v) is 67.1. The molecule has 564 valence electrons. The molecule has 120 heavy (non-hydrogen) atoms. The molecule has 27 aromatic rings. The molecule has 0 amide bonds. The van der Waals surface area contributed by atoms with E-state index in [4.69, 9.17) is 29.9 Å². The van der Waals surface area contributed by atoms with Crippen LogP contribution in [0.5, 0.6) is 0 Å². The molecule has 24 heteroatoms. The maximum absolute atomic E-state index is 5.24. The molecule has 0 aliphatic rings. The van der Waals surface area contributed by atoms with Crippen molar-refractivity contribution in [2.75, 3.05) is 0 Å². The number of rotatable bonds is 3. The quantitative estimate of drug-likeness (QED) is 0.149. The SMILES string of the molecule is Cc1cccc2c3c4sc5ccccc5c4cc(C)c3n(-c3cnc4c5nccnc5c5nccnc5c4n3)c12.Cc1cccc2c3cc4c(sc5ccccc54)c(C)c3n(-c3cnc4c5nccnc5c5nccnc5c4n3)c12.Cc1cccc2c3cc4sc5ccccc5c4c(C)c3n(-c3cnc4c5nccnc5c5nccnc5c4n3)c12. The lowest BCUT2D eigenvalue weighted by Crippen LogP contribution is -2.03. The second-order valence-electron chi connectivity index (χ2n) is 30.4. The standard InChI is InChI=1S/3C32H19N7S/c1-16-6-5-8-18-20-14-22-24(19-7-3-4-9-21(19)40-22)17(2)32(20)39(31(16)18)23-15-37-29-27-25(33-10-11-35-27)26-28(30(29)38-23)36-13-12-34-26;1-16-6-5-8-19-20-14-21-18-7-3-4-9-22(18)40-32(21)17(2)31(20)39(30(16)19)23-15-37-28-26-24(33-10-11-35-26)25-27(29(28)38-23)36-13-12-34-25;1-16-6-5-8-19-23-31(17(2)14-20-18-7-3-4-9-21(18)40-32(20)23)39(30(16)19)22-15-37-28-26-24(33-10-11-35-26)25-27(29(28)38-22)36-13-12-34-25/h3*3-15H,1-2H3. The summed E-state index contributed by atoms with van der Waals surface area (Å²) >= 11 is 5.54. The lowest BCUT2D eigenvalue weighted by molar-refractivity contribution is 1.06. The third kappa shape index (κ3) is 9.61. The summed E-state index contributed by atoms with van der Waals surface area (Å²) in [7, 11) is 0. The van der Waals surface area contributed by atoms with Crippen molar-refractivity contribution >= 4 is 259 Å². The lowest BCUT2D eigenvalue weighted by atomic mass is 10.0. The number of hydrogen-bond acceptors (Lipinski definition) is 21. The summed E-state index contributed by atoms with van der Waals surface area (Å²) in [6, 6.07) is 52.5. The summed E-state index contributed by atoms with van der Waals surface area (Å²) in [5.41, 5.74) is 26.1. The molecule has 0 aliphatic heterocycles. The van der Waals surface area contributed by atoms with Crippen LogP contribution in [0.2, 0.25) is 0 Å². The Labute approximate surface area is 688 Å². The van der Waals surface area contributed by atoms with Gasteiger partial charge in [-0.25, -0.2) is 29.9 Å². The minimum atomic E-state index is 0.664. The smallest absolute Gasteiger partial charge is 0.157 e. The average Bonchev–Trinajstić information content (AvgIpc) is 1.41. The van der Waals surface area contributed by atoms with Crippen LogP contribution in [0.3, 0.4) is 0 Å². The predicted molar refractivity (Wildman–Crippen MR) is 487 cm³/mol. The Balaban J connectivity index is 0.0000000997. The summed E-state index contributed by atoms with van der Waals surface area (Å²) in [5, 5.41) is 15.1. The Bertz CT molecular complexity index is 8970. The Kier molecular flexibility index (Phi) is 14.5. The second-order valence-corrected chi connectivity index (χ2v) is 33.5. The number of aromatic nitrogens is 21. The Morgan fingerprint density at radius 2 is 0.525 bits per heavy atom. The topological polar surface area (TPSA) is 247 Å². The molecule has 15 aromatic heterocycles. The number of nitrogens with zero attached hydrogens (tertiary/aromatic N) is 21. The summed E-state index contributed by atoms with van der Waals surface area (Å²) in [4.78, 5) is 85.7. The van der Waals surface area contributed by atoms with Crippen molar-refractivity contribution < 1.29 is 0 Å². The Hall–Kier alpha value is -15.2. The van der Waals surface area contributed by atoms with Gasteiger partial charge in [0.2, 0.25) is 0 Å². The molecular formula is C96H57N21S3. The van der Waals surface area contributed by atoms with Crippen LogP contribution < -0.4 is 0 Å². The van der Waals surface area contributed by atoms with Crippen molar-refractivity contribution in [1.29, 1.82) is 0 Å². The fraction of sp³-hybridized carbons (Fsp3) is 0.0625. The first-order valence-electron chi connectivity index (χ1n) is 39.1. The van der Waals surface area contributed by atoms with Crippen LogP contribution in [0, 0.1) is 41.5 Å². The van der Waals surface area contributed by atoms with E-state index >= 15 is 0 Å². The first-order valence-corrected chi connectivity index (χ1v) is 41.6. The van der Waals surface area contributed by atoms with Crippen molar-refractivity contribution in [2.45, 2.75) is 41.5 Å². The van der Waals surface area contributed by atoms with E-state index in [2.05, 4.69) is 261 Å². The van der Waals surface area contributed by atoms with Gasteiger partial charge in [-0.05, 0) is 111 Å². The maximum atomic E-state index is 5.24. The van der Waals surface area contributed by atoms with E-state index in [1.54, 1.807) is 74.4 Å². The van der Waals surface area contributed by atoms with E-state index in [9.17, 15) is 0 Å². The van der Waals surface area contributed by atoms with Crippen LogP contribution in [-0.4, -0.2) is 103 Å². The highest BCUT2D eigenvalue weighted by molar-refractivity contribution is 7.27. The number of thiophene rings is 3. The zero-order chi connectivity index (χ0) is 79.6. The van der Waals surface area contributed by atoms with E-state index in [1.165, 1.54) is 126 Å². The van der Waals surface area contributed by atoms with Crippen LogP contribution in [0.4, 0.5) is 0 Å². The summed E-state index contributed by atoms with van der Waals surface area (Å²) < 4.78 is 14.6. The van der Waals surface area contributed by atoms with Crippen molar-refractivity contribution in [3.63, 3.8) is 0 Å². The molecule has 0 radical (unpaired) electrons. The van der Waals surface area contributed by atoms with E-state index in [1.807, 2.05) is 52.6 Å². The highest BCUT2D eigenvalue weighted by Gasteiger charge is 2.28. The van der Waals surface area contributed by atoms with Gasteiger partial charge in [0, 0.05) is 167 Å². The van der Waals surface area contributed by atoms with Gasteiger partial charge in [-0.3, -0.25) is 73.5 Å². The van der Waals surface area contributed by atoms with E-state index in [-0.39, 0.29) is 0 Å². The van der Waals surface area contributed by atoms with Crippen molar-refractivity contribution in [3.8, 4) is 17.5 Å². The Morgan fingerprint density at radius 3 is 0.950 bits per heavy atom. The largest absolute Gasteiger partial charge is 0.292 e. The third-order valence-electron chi connectivity index (χ3n) is 23.7. The molecular weight excluding hydrogens is 1540 g/mol. The van der Waals surface area contributed by atoms with Crippen LogP contribution in [0.15, 0.2) is 239 Å². The average molecular weight is 1600 g/mol. The molecule has 15 heterocycles. The molecule has 0 saturated carbocycles. The molecule has 27 rings (SSSR count). The Morgan fingerprint density at radius 1 is 0.208 bits per heavy atom. The number of hydrogen-bond donors (Lipinski definition) is 0.